The second-order valence-corrected chi connectivity index (χ2v) is 6.15. The van der Waals surface area contributed by atoms with Crippen molar-refractivity contribution in [3.05, 3.63) is 40.8 Å². The molecule has 1 aromatic carbocycles. The van der Waals surface area contributed by atoms with Crippen molar-refractivity contribution in [3.63, 3.8) is 0 Å². The van der Waals surface area contributed by atoms with Gasteiger partial charge in [-0.15, -0.1) is 6.42 Å². The molecule has 0 unspecified atom stereocenters. The van der Waals surface area contributed by atoms with Gasteiger partial charge in [0.05, 0.1) is 12.8 Å². The first kappa shape index (κ1) is 13.7. The van der Waals surface area contributed by atoms with Crippen molar-refractivity contribution >= 4 is 21.7 Å². The monoisotopic (exact) mass is 293 g/mol. The minimum Gasteiger partial charge on any atom is -0.273 e. The van der Waals surface area contributed by atoms with Crippen LogP contribution in [0.4, 0.5) is 0 Å². The third-order valence-corrected chi connectivity index (χ3v) is 4.40. The number of aromatic nitrogens is 1. The van der Waals surface area contributed by atoms with Crippen molar-refractivity contribution in [2.45, 2.75) is 5.75 Å². The molecule has 0 N–H and O–H groups in total. The van der Waals surface area contributed by atoms with Crippen LogP contribution >= 0.6 is 11.5 Å². The van der Waals surface area contributed by atoms with Crippen molar-refractivity contribution < 1.29 is 12.6 Å². The Labute approximate surface area is 116 Å². The molecule has 2 aromatic rings. The molecule has 0 fully saturated rings. The fourth-order valence-electron chi connectivity index (χ4n) is 1.57. The molecule has 1 aromatic heterocycles. The molecule has 0 radical (unpaired) electrons. The summed E-state index contributed by atoms with van der Waals surface area (Å²) in [4.78, 5) is 0. The zero-order valence-corrected chi connectivity index (χ0v) is 11.8. The minimum absolute atomic E-state index is 0.188. The Morgan fingerprint density at radius 2 is 2.05 bits per heavy atom. The van der Waals surface area contributed by atoms with Crippen LogP contribution < -0.4 is 0 Å². The van der Waals surface area contributed by atoms with E-state index in [1.165, 1.54) is 11.5 Å². The lowest BCUT2D eigenvalue weighted by molar-refractivity contribution is 0.397. The van der Waals surface area contributed by atoms with Gasteiger partial charge in [0, 0.05) is 22.1 Å². The lowest BCUT2D eigenvalue weighted by atomic mass is 10.1. The van der Waals surface area contributed by atoms with Gasteiger partial charge in [-0.05, 0) is 23.7 Å². The molecule has 0 bridgehead atoms. The van der Waals surface area contributed by atoms with Gasteiger partial charge in [-0.25, -0.2) is 0 Å². The van der Waals surface area contributed by atoms with Crippen LogP contribution in [-0.2, 0) is 20.1 Å². The summed E-state index contributed by atoms with van der Waals surface area (Å²) in [6.07, 6.45) is 5.29. The quantitative estimate of drug-likeness (QED) is 0.641. The van der Waals surface area contributed by atoms with Crippen molar-refractivity contribution in [3.8, 4) is 23.6 Å². The highest BCUT2D eigenvalue weighted by molar-refractivity contribution is 7.85. The maximum atomic E-state index is 11.5. The number of hydrogen-bond donors (Lipinski definition) is 0. The zero-order valence-electron chi connectivity index (χ0n) is 10.2. The molecule has 2 rings (SSSR count). The smallest absolute Gasteiger partial charge is 0.271 e. The first-order valence-corrected chi connectivity index (χ1v) is 7.75. The van der Waals surface area contributed by atoms with E-state index in [1.807, 2.05) is 12.1 Å². The van der Waals surface area contributed by atoms with Crippen LogP contribution in [0.25, 0.3) is 11.3 Å². The number of hydrogen-bond acceptors (Lipinski definition) is 5. The second kappa shape index (κ2) is 5.53. The van der Waals surface area contributed by atoms with Crippen LogP contribution in [0.1, 0.15) is 11.1 Å². The van der Waals surface area contributed by atoms with Gasteiger partial charge in [-0.1, -0.05) is 18.1 Å². The molecule has 1 heterocycles. The van der Waals surface area contributed by atoms with Crippen molar-refractivity contribution in [2.24, 2.45) is 0 Å². The maximum Gasteiger partial charge on any atom is 0.271 e. The number of terminal acetylenes is 1. The van der Waals surface area contributed by atoms with Crippen LogP contribution in [0.2, 0.25) is 0 Å². The maximum absolute atomic E-state index is 11.5. The van der Waals surface area contributed by atoms with Gasteiger partial charge in [-0.2, -0.15) is 12.8 Å². The summed E-state index contributed by atoms with van der Waals surface area (Å²) in [5.74, 6) is 2.34. The summed E-state index contributed by atoms with van der Waals surface area (Å²) < 4.78 is 31.6. The van der Waals surface area contributed by atoms with E-state index in [9.17, 15) is 8.42 Å². The summed E-state index contributed by atoms with van der Waals surface area (Å²) in [7, 11) is -2.40. The van der Waals surface area contributed by atoms with E-state index in [1.54, 1.807) is 17.5 Å². The fourth-order valence-corrected chi connectivity index (χ4v) is 3.10. The lowest BCUT2D eigenvalue weighted by Crippen LogP contribution is -2.05. The molecule has 4 nitrogen and oxygen atoms in total. The van der Waals surface area contributed by atoms with Gasteiger partial charge in [0.1, 0.15) is 5.75 Å². The molecule has 0 saturated heterocycles. The Balaban J connectivity index is 2.36. The van der Waals surface area contributed by atoms with Crippen LogP contribution in [-0.4, -0.2) is 19.9 Å². The molecule has 0 atom stereocenters. The molecule has 0 aliphatic carbocycles. The predicted molar refractivity (Wildman–Crippen MR) is 75.1 cm³/mol. The van der Waals surface area contributed by atoms with Crippen LogP contribution in [0, 0.1) is 12.3 Å². The van der Waals surface area contributed by atoms with Gasteiger partial charge in [0.25, 0.3) is 10.1 Å². The summed E-state index contributed by atoms with van der Waals surface area (Å²) in [6, 6.07) is 7.24. The molecule has 0 spiro atoms. The van der Waals surface area contributed by atoms with E-state index in [-0.39, 0.29) is 5.75 Å². The Morgan fingerprint density at radius 3 is 2.63 bits per heavy atom. The Kier molecular flexibility index (Phi) is 4.00. The van der Waals surface area contributed by atoms with E-state index in [4.69, 9.17) is 6.42 Å². The van der Waals surface area contributed by atoms with Gasteiger partial charge in [0.15, 0.2) is 0 Å². The molecule has 19 heavy (non-hydrogen) atoms. The van der Waals surface area contributed by atoms with Gasteiger partial charge in [-0.3, -0.25) is 4.18 Å². The van der Waals surface area contributed by atoms with Gasteiger partial charge in [0.2, 0.25) is 0 Å². The largest absolute Gasteiger partial charge is 0.273 e. The van der Waals surface area contributed by atoms with Crippen molar-refractivity contribution in [1.29, 1.82) is 0 Å². The number of benzene rings is 1. The number of rotatable bonds is 4. The highest BCUT2D eigenvalue weighted by Crippen LogP contribution is 2.26. The van der Waals surface area contributed by atoms with E-state index in [0.717, 1.165) is 18.2 Å². The highest BCUT2D eigenvalue weighted by atomic mass is 32.2. The van der Waals surface area contributed by atoms with E-state index < -0.39 is 10.1 Å². The summed E-state index contributed by atoms with van der Waals surface area (Å²) in [5.41, 5.74) is 2.88. The normalized spacial score (nSPS) is 11.2. The number of nitrogens with zero attached hydrogens (tertiary/aromatic N) is 1. The van der Waals surface area contributed by atoms with E-state index in [0.29, 0.717) is 11.3 Å². The molecular formula is C13H11NO3S2. The standard InChI is InChI=1S/C13H11NO3S2/c1-3-10-4-6-11(7-5-10)13-12(8-18-14-13)9-19(15,16)17-2/h1,4-8H,9H2,2H3. The van der Waals surface area contributed by atoms with E-state index >= 15 is 0 Å². The third kappa shape index (κ3) is 3.20. The summed E-state index contributed by atoms with van der Waals surface area (Å²) >= 11 is 1.21. The second-order valence-electron chi connectivity index (χ2n) is 3.78. The zero-order chi connectivity index (χ0) is 13.9. The van der Waals surface area contributed by atoms with Gasteiger partial charge < -0.3 is 0 Å². The Hall–Kier alpha value is -1.68. The minimum atomic E-state index is -3.55. The van der Waals surface area contributed by atoms with Crippen molar-refractivity contribution in [1.82, 2.24) is 4.37 Å². The van der Waals surface area contributed by atoms with Crippen LogP contribution in [0.15, 0.2) is 29.6 Å². The predicted octanol–water partition coefficient (Wildman–Crippen LogP) is 2.27. The molecule has 98 valence electrons. The van der Waals surface area contributed by atoms with Crippen LogP contribution in [0.5, 0.6) is 0 Å². The molecule has 6 heteroatoms. The molecule has 0 saturated carbocycles. The summed E-state index contributed by atoms with van der Waals surface area (Å²) in [6.45, 7) is 0. The fraction of sp³-hybridized carbons (Fsp3) is 0.154. The lowest BCUT2D eigenvalue weighted by Gasteiger charge is -2.03. The topological polar surface area (TPSA) is 56.3 Å². The van der Waals surface area contributed by atoms with Crippen molar-refractivity contribution in [2.75, 3.05) is 7.11 Å². The molecular weight excluding hydrogens is 282 g/mol. The van der Waals surface area contributed by atoms with Gasteiger partial charge >= 0.3 is 0 Å². The molecule has 0 aliphatic heterocycles. The Bertz CT molecular complexity index is 709. The average molecular weight is 293 g/mol. The molecule has 0 aliphatic rings. The third-order valence-electron chi connectivity index (χ3n) is 2.55. The highest BCUT2D eigenvalue weighted by Gasteiger charge is 2.16. The summed E-state index contributed by atoms with van der Waals surface area (Å²) in [5, 5.41) is 1.71. The van der Waals surface area contributed by atoms with Crippen LogP contribution in [0.3, 0.4) is 0 Å². The SMILES string of the molecule is C#Cc1ccc(-c2nscc2CS(=O)(=O)OC)cc1. The Morgan fingerprint density at radius 1 is 1.37 bits per heavy atom. The first-order chi connectivity index (χ1) is 9.05. The first-order valence-electron chi connectivity index (χ1n) is 5.34. The van der Waals surface area contributed by atoms with E-state index in [2.05, 4.69) is 14.5 Å². The average Bonchev–Trinajstić information content (AvgIpc) is 2.86. The molecule has 0 amide bonds.